The maximum Gasteiger partial charge on any atom is 0.0628 e. The third kappa shape index (κ3) is 2.63. The molecule has 19 heavy (non-hydrogen) atoms. The van der Waals surface area contributed by atoms with Crippen molar-refractivity contribution in [3.63, 3.8) is 0 Å². The molecule has 1 aliphatic carbocycles. The summed E-state index contributed by atoms with van der Waals surface area (Å²) >= 11 is 0. The van der Waals surface area contributed by atoms with Gasteiger partial charge >= 0.3 is 0 Å². The van der Waals surface area contributed by atoms with Gasteiger partial charge in [-0.05, 0) is 44.7 Å². The van der Waals surface area contributed by atoms with Gasteiger partial charge in [0.2, 0.25) is 0 Å². The molecule has 0 bridgehead atoms. The highest BCUT2D eigenvalue weighted by atomic mass is 16.3. The highest BCUT2D eigenvalue weighted by Gasteiger charge is 2.36. The molecule has 1 fully saturated rings. The monoisotopic (exact) mass is 260 g/mol. The van der Waals surface area contributed by atoms with Gasteiger partial charge < -0.3 is 15.3 Å². The van der Waals surface area contributed by atoms with Gasteiger partial charge in [-0.25, -0.2) is 0 Å². The van der Waals surface area contributed by atoms with Crippen LogP contribution < -0.4 is 10.2 Å². The van der Waals surface area contributed by atoms with Crippen LogP contribution in [0.5, 0.6) is 0 Å². The van der Waals surface area contributed by atoms with E-state index in [-0.39, 0.29) is 12.1 Å². The number of hydrogen-bond acceptors (Lipinski definition) is 3. The van der Waals surface area contributed by atoms with Crippen LogP contribution in [0, 0.1) is 0 Å². The average Bonchev–Trinajstić information content (AvgIpc) is 3.15. The van der Waals surface area contributed by atoms with Gasteiger partial charge in [0.25, 0.3) is 0 Å². The van der Waals surface area contributed by atoms with Gasteiger partial charge in [0.1, 0.15) is 0 Å². The Morgan fingerprint density at radius 1 is 1.37 bits per heavy atom. The molecule has 2 atom stereocenters. The van der Waals surface area contributed by atoms with Crippen LogP contribution in [0.15, 0.2) is 24.3 Å². The van der Waals surface area contributed by atoms with Gasteiger partial charge in [-0.15, -0.1) is 0 Å². The van der Waals surface area contributed by atoms with E-state index in [0.717, 1.165) is 13.0 Å². The largest absolute Gasteiger partial charge is 0.394 e. The van der Waals surface area contributed by atoms with E-state index in [4.69, 9.17) is 0 Å². The highest BCUT2D eigenvalue weighted by molar-refractivity contribution is 5.59. The molecule has 0 amide bonds. The van der Waals surface area contributed by atoms with Gasteiger partial charge in [-0.3, -0.25) is 0 Å². The standard InChI is InChI=1S/C16H24N2O/c1-12-9-13-5-3-4-6-15(13)18(12)10-16(2,11-19)17-14-7-8-14/h3-6,12,14,17,19H,7-11H2,1-2H3. The number of nitrogens with one attached hydrogen (secondary N) is 1. The van der Waals surface area contributed by atoms with Gasteiger partial charge in [-0.2, -0.15) is 0 Å². The molecule has 1 heterocycles. The van der Waals surface area contributed by atoms with Crippen LogP contribution in [0.2, 0.25) is 0 Å². The summed E-state index contributed by atoms with van der Waals surface area (Å²) in [5, 5.41) is 13.4. The molecule has 104 valence electrons. The van der Waals surface area contributed by atoms with Gasteiger partial charge in [-0.1, -0.05) is 18.2 Å². The van der Waals surface area contributed by atoms with E-state index in [2.05, 4.69) is 48.3 Å². The molecule has 2 N–H and O–H groups in total. The van der Waals surface area contributed by atoms with Crippen LogP contribution in [0.1, 0.15) is 32.3 Å². The van der Waals surface area contributed by atoms with Crippen molar-refractivity contribution in [2.45, 2.75) is 50.7 Å². The molecule has 3 heteroatoms. The first-order valence-electron chi connectivity index (χ1n) is 7.34. The van der Waals surface area contributed by atoms with E-state index in [1.54, 1.807) is 0 Å². The summed E-state index contributed by atoms with van der Waals surface area (Å²) in [7, 11) is 0. The zero-order valence-corrected chi connectivity index (χ0v) is 11.9. The maximum absolute atomic E-state index is 9.77. The van der Waals surface area contributed by atoms with Crippen molar-refractivity contribution in [1.82, 2.24) is 5.32 Å². The number of fused-ring (bicyclic) bond motifs is 1. The number of para-hydroxylation sites is 1. The Morgan fingerprint density at radius 2 is 2.11 bits per heavy atom. The van der Waals surface area contributed by atoms with Crippen LogP contribution in [0.3, 0.4) is 0 Å². The van der Waals surface area contributed by atoms with Crippen LogP contribution in [0.4, 0.5) is 5.69 Å². The minimum atomic E-state index is -0.202. The van der Waals surface area contributed by atoms with Crippen LogP contribution in [-0.4, -0.2) is 35.9 Å². The molecule has 1 aromatic carbocycles. The van der Waals surface area contributed by atoms with Gasteiger partial charge in [0.15, 0.2) is 0 Å². The molecule has 1 saturated carbocycles. The second kappa shape index (κ2) is 4.80. The Morgan fingerprint density at radius 3 is 2.79 bits per heavy atom. The van der Waals surface area contributed by atoms with Crippen LogP contribution in [0.25, 0.3) is 0 Å². The van der Waals surface area contributed by atoms with E-state index in [1.807, 2.05) is 0 Å². The van der Waals surface area contributed by atoms with Crippen molar-refractivity contribution in [2.75, 3.05) is 18.1 Å². The molecule has 1 aliphatic heterocycles. The van der Waals surface area contributed by atoms with E-state index >= 15 is 0 Å². The van der Waals surface area contributed by atoms with Gasteiger partial charge in [0, 0.05) is 24.3 Å². The number of aliphatic hydroxyl groups is 1. The second-order valence-corrected chi connectivity index (χ2v) is 6.45. The molecule has 0 saturated heterocycles. The lowest BCUT2D eigenvalue weighted by atomic mass is 10.0. The lowest BCUT2D eigenvalue weighted by Gasteiger charge is -2.37. The summed E-state index contributed by atoms with van der Waals surface area (Å²) < 4.78 is 0. The SMILES string of the molecule is CC1Cc2ccccc2N1CC(C)(CO)NC1CC1. The molecule has 1 aromatic rings. The van der Waals surface area contributed by atoms with Crippen molar-refractivity contribution in [2.24, 2.45) is 0 Å². The average molecular weight is 260 g/mol. The number of aliphatic hydroxyl groups excluding tert-OH is 1. The number of hydrogen-bond donors (Lipinski definition) is 2. The minimum Gasteiger partial charge on any atom is -0.394 e. The van der Waals surface area contributed by atoms with Crippen molar-refractivity contribution < 1.29 is 5.11 Å². The third-order valence-corrected chi connectivity index (χ3v) is 4.35. The summed E-state index contributed by atoms with van der Waals surface area (Å²) in [6.45, 7) is 5.47. The van der Waals surface area contributed by atoms with Crippen LogP contribution >= 0.6 is 0 Å². The third-order valence-electron chi connectivity index (χ3n) is 4.35. The minimum absolute atomic E-state index is 0.189. The second-order valence-electron chi connectivity index (χ2n) is 6.45. The summed E-state index contributed by atoms with van der Waals surface area (Å²) in [4.78, 5) is 2.45. The Bertz CT molecular complexity index is 458. The molecule has 2 unspecified atom stereocenters. The van der Waals surface area contributed by atoms with Crippen molar-refractivity contribution in [3.8, 4) is 0 Å². The van der Waals surface area contributed by atoms with Crippen molar-refractivity contribution >= 4 is 5.69 Å². The van der Waals surface area contributed by atoms with E-state index < -0.39 is 0 Å². The molecule has 2 aliphatic rings. The van der Waals surface area contributed by atoms with Crippen LogP contribution in [-0.2, 0) is 6.42 Å². The Kier molecular flexibility index (Phi) is 3.27. The lowest BCUT2D eigenvalue weighted by Crippen LogP contribution is -2.56. The number of anilines is 1. The molecule has 0 spiro atoms. The molecule has 0 radical (unpaired) electrons. The first-order chi connectivity index (χ1) is 9.11. The molecular weight excluding hydrogens is 236 g/mol. The summed E-state index contributed by atoms with van der Waals surface area (Å²) in [6, 6.07) is 9.77. The molecule has 3 nitrogen and oxygen atoms in total. The van der Waals surface area contributed by atoms with E-state index in [0.29, 0.717) is 12.1 Å². The highest BCUT2D eigenvalue weighted by Crippen LogP contribution is 2.33. The molecular formula is C16H24N2O. The quantitative estimate of drug-likeness (QED) is 0.849. The number of benzene rings is 1. The number of nitrogens with zero attached hydrogens (tertiary/aromatic N) is 1. The fourth-order valence-electron chi connectivity index (χ4n) is 3.11. The van der Waals surface area contributed by atoms with Crippen molar-refractivity contribution in [3.05, 3.63) is 29.8 Å². The summed E-state index contributed by atoms with van der Waals surface area (Å²) in [5.41, 5.74) is 2.57. The normalized spacial score (nSPS) is 25.2. The molecule has 3 rings (SSSR count). The fraction of sp³-hybridized carbons (Fsp3) is 0.625. The first-order valence-corrected chi connectivity index (χ1v) is 7.34. The lowest BCUT2D eigenvalue weighted by molar-refractivity contribution is 0.174. The Hall–Kier alpha value is -1.06. The Balaban J connectivity index is 1.77. The smallest absolute Gasteiger partial charge is 0.0628 e. The zero-order valence-electron chi connectivity index (χ0n) is 11.9. The first kappa shape index (κ1) is 12.9. The fourth-order valence-corrected chi connectivity index (χ4v) is 3.11. The topological polar surface area (TPSA) is 35.5 Å². The van der Waals surface area contributed by atoms with Gasteiger partial charge in [0.05, 0.1) is 12.1 Å². The Labute approximate surface area is 115 Å². The van der Waals surface area contributed by atoms with E-state index in [1.165, 1.54) is 24.1 Å². The predicted molar refractivity (Wildman–Crippen MR) is 78.6 cm³/mol. The predicted octanol–water partition coefficient (Wildman–Crippen LogP) is 1.94. The number of rotatable bonds is 5. The van der Waals surface area contributed by atoms with E-state index in [9.17, 15) is 5.11 Å². The summed E-state index contributed by atoms with van der Waals surface area (Å²) in [5.74, 6) is 0. The van der Waals surface area contributed by atoms with Crippen molar-refractivity contribution in [1.29, 1.82) is 0 Å². The zero-order chi connectivity index (χ0) is 13.5. The molecule has 0 aromatic heterocycles. The summed E-state index contributed by atoms with van der Waals surface area (Å²) in [6.07, 6.45) is 3.62. The maximum atomic E-state index is 9.77.